The number of amides is 1. The Balaban J connectivity index is 1.82. The number of morpholine rings is 1. The van der Waals surface area contributed by atoms with E-state index in [-0.39, 0.29) is 24.7 Å². The number of nitrogens with zero attached hydrogens (tertiary/aromatic N) is 1. The first-order chi connectivity index (χ1) is 10.1. The van der Waals surface area contributed by atoms with Crippen molar-refractivity contribution in [1.29, 1.82) is 0 Å². The Morgan fingerprint density at radius 2 is 2.33 bits per heavy atom. The van der Waals surface area contributed by atoms with E-state index in [9.17, 15) is 9.90 Å². The van der Waals surface area contributed by atoms with Crippen LogP contribution < -0.4 is 0 Å². The summed E-state index contributed by atoms with van der Waals surface area (Å²) in [5.74, 6) is 0.830. The van der Waals surface area contributed by atoms with E-state index in [0.717, 1.165) is 24.3 Å². The molecule has 1 saturated heterocycles. The van der Waals surface area contributed by atoms with Gasteiger partial charge in [0.2, 0.25) is 0 Å². The van der Waals surface area contributed by atoms with Gasteiger partial charge in [-0.1, -0.05) is 6.92 Å². The molecule has 1 aromatic rings. The first-order valence-corrected chi connectivity index (χ1v) is 8.60. The predicted octanol–water partition coefficient (Wildman–Crippen LogP) is 2.09. The fourth-order valence-electron chi connectivity index (χ4n) is 3.22. The second kappa shape index (κ2) is 6.07. The summed E-state index contributed by atoms with van der Waals surface area (Å²) in [5.41, 5.74) is 2.15. The summed E-state index contributed by atoms with van der Waals surface area (Å²) in [6.45, 7) is 5.24. The number of hydrogen-bond acceptors (Lipinski definition) is 4. The van der Waals surface area contributed by atoms with E-state index in [1.54, 1.807) is 11.3 Å². The third-order valence-electron chi connectivity index (χ3n) is 4.60. The molecule has 2 heterocycles. The number of fused-ring (bicyclic) bond motifs is 1. The van der Waals surface area contributed by atoms with E-state index in [0.29, 0.717) is 13.2 Å². The second-order valence-corrected chi connectivity index (χ2v) is 7.31. The average molecular weight is 309 g/mol. The van der Waals surface area contributed by atoms with E-state index in [2.05, 4.69) is 6.92 Å². The maximum absolute atomic E-state index is 12.9. The second-order valence-electron chi connectivity index (χ2n) is 6.34. The lowest BCUT2D eigenvalue weighted by molar-refractivity contribution is -0.0667. The van der Waals surface area contributed by atoms with Gasteiger partial charge in [0.1, 0.15) is 0 Å². The molecule has 1 aliphatic carbocycles. The Morgan fingerprint density at radius 3 is 3.10 bits per heavy atom. The number of thiophene rings is 1. The summed E-state index contributed by atoms with van der Waals surface area (Å²) in [5, 5.41) is 11.3. The summed E-state index contributed by atoms with van der Waals surface area (Å²) in [7, 11) is 0. The molecule has 1 aromatic heterocycles. The molecule has 1 fully saturated rings. The van der Waals surface area contributed by atoms with Crippen LogP contribution in [0.1, 0.15) is 41.1 Å². The van der Waals surface area contributed by atoms with Crippen molar-refractivity contribution in [3.63, 3.8) is 0 Å². The molecule has 3 atom stereocenters. The molecule has 0 spiro atoms. The number of aliphatic hydroxyl groups is 1. The molecular weight excluding hydrogens is 286 g/mol. The smallest absolute Gasteiger partial charge is 0.255 e. The van der Waals surface area contributed by atoms with Gasteiger partial charge in [-0.2, -0.15) is 0 Å². The van der Waals surface area contributed by atoms with Gasteiger partial charge in [-0.05, 0) is 37.7 Å². The summed E-state index contributed by atoms with van der Waals surface area (Å²) >= 11 is 1.73. The monoisotopic (exact) mass is 309 g/mol. The minimum Gasteiger partial charge on any atom is -0.394 e. The van der Waals surface area contributed by atoms with Crippen molar-refractivity contribution in [2.24, 2.45) is 5.92 Å². The molecule has 0 radical (unpaired) electrons. The van der Waals surface area contributed by atoms with Gasteiger partial charge in [0.25, 0.3) is 5.91 Å². The van der Waals surface area contributed by atoms with Crippen LogP contribution in [0, 0.1) is 5.92 Å². The third-order valence-corrected chi connectivity index (χ3v) is 5.65. The number of aliphatic hydroxyl groups excluding tert-OH is 1. The van der Waals surface area contributed by atoms with Crippen LogP contribution in [-0.4, -0.2) is 47.8 Å². The highest BCUT2D eigenvalue weighted by molar-refractivity contribution is 7.10. The first-order valence-electron chi connectivity index (χ1n) is 7.72. The summed E-state index contributed by atoms with van der Waals surface area (Å²) < 4.78 is 5.52. The molecule has 0 bridgehead atoms. The highest BCUT2D eigenvalue weighted by Gasteiger charge is 2.32. The zero-order chi connectivity index (χ0) is 15.0. The van der Waals surface area contributed by atoms with Gasteiger partial charge in [0, 0.05) is 16.8 Å². The maximum atomic E-state index is 12.9. The molecule has 1 aliphatic heterocycles. The van der Waals surface area contributed by atoms with Gasteiger partial charge in [-0.3, -0.25) is 4.79 Å². The minimum atomic E-state index is -0.250. The van der Waals surface area contributed by atoms with Crippen LogP contribution in [0.4, 0.5) is 0 Å². The molecule has 3 rings (SSSR count). The van der Waals surface area contributed by atoms with E-state index >= 15 is 0 Å². The Kier molecular flexibility index (Phi) is 4.33. The molecule has 3 unspecified atom stereocenters. The molecule has 1 N–H and O–H groups in total. The van der Waals surface area contributed by atoms with Crippen molar-refractivity contribution in [3.8, 4) is 0 Å². The molecular formula is C16H23NO3S. The lowest BCUT2D eigenvalue weighted by atomic mass is 9.88. The average Bonchev–Trinajstić information content (AvgIpc) is 2.90. The van der Waals surface area contributed by atoms with Crippen molar-refractivity contribution >= 4 is 17.2 Å². The van der Waals surface area contributed by atoms with Crippen molar-refractivity contribution in [2.75, 3.05) is 19.8 Å². The Hall–Kier alpha value is -0.910. The van der Waals surface area contributed by atoms with Crippen LogP contribution in [0.3, 0.4) is 0 Å². The van der Waals surface area contributed by atoms with Crippen LogP contribution in [-0.2, 0) is 17.6 Å². The topological polar surface area (TPSA) is 49.8 Å². The lowest BCUT2D eigenvalue weighted by Crippen LogP contribution is -2.52. The van der Waals surface area contributed by atoms with Gasteiger partial charge in [-0.25, -0.2) is 0 Å². The van der Waals surface area contributed by atoms with Crippen molar-refractivity contribution in [3.05, 3.63) is 21.4 Å². The van der Waals surface area contributed by atoms with Crippen molar-refractivity contribution in [1.82, 2.24) is 4.90 Å². The van der Waals surface area contributed by atoms with E-state index < -0.39 is 0 Å². The Labute approximate surface area is 129 Å². The summed E-state index contributed by atoms with van der Waals surface area (Å²) in [6.07, 6.45) is 3.04. The van der Waals surface area contributed by atoms with Gasteiger partial charge >= 0.3 is 0 Å². The molecule has 1 amide bonds. The van der Waals surface area contributed by atoms with Crippen molar-refractivity contribution in [2.45, 2.75) is 45.3 Å². The highest BCUT2D eigenvalue weighted by atomic mass is 32.1. The van der Waals surface area contributed by atoms with Crippen LogP contribution in [0.2, 0.25) is 0 Å². The summed E-state index contributed by atoms with van der Waals surface area (Å²) in [6, 6.07) is 0.0679. The zero-order valence-corrected chi connectivity index (χ0v) is 13.5. The number of hydrogen-bond donors (Lipinski definition) is 1. The first kappa shape index (κ1) is 15.0. The van der Waals surface area contributed by atoms with Gasteiger partial charge < -0.3 is 14.7 Å². The Morgan fingerprint density at radius 1 is 1.52 bits per heavy atom. The van der Waals surface area contributed by atoms with Gasteiger partial charge in [0.15, 0.2) is 0 Å². The largest absolute Gasteiger partial charge is 0.394 e. The summed E-state index contributed by atoms with van der Waals surface area (Å²) in [4.78, 5) is 16.1. The van der Waals surface area contributed by atoms with Crippen LogP contribution >= 0.6 is 11.3 Å². The number of carbonyl (C=O) groups is 1. The van der Waals surface area contributed by atoms with Crippen molar-refractivity contribution < 1.29 is 14.6 Å². The molecule has 0 saturated carbocycles. The molecule has 4 nitrogen and oxygen atoms in total. The zero-order valence-electron chi connectivity index (χ0n) is 12.7. The van der Waals surface area contributed by atoms with Gasteiger partial charge in [0.05, 0.1) is 30.9 Å². The standard InChI is InChI=1S/C16H23NO3S/c1-10-3-4-13-14(9-21-15(13)5-10)16(19)17-6-12(7-18)20-8-11(17)2/h9-12,18H,3-8H2,1-2H3. The van der Waals surface area contributed by atoms with E-state index in [4.69, 9.17) is 4.74 Å². The minimum absolute atomic E-state index is 0.0320. The highest BCUT2D eigenvalue weighted by Crippen LogP contribution is 2.33. The fraction of sp³-hybridized carbons (Fsp3) is 0.688. The number of ether oxygens (including phenoxy) is 1. The molecule has 21 heavy (non-hydrogen) atoms. The molecule has 116 valence electrons. The Bertz CT molecular complexity index is 528. The number of rotatable bonds is 2. The van der Waals surface area contributed by atoms with Crippen LogP contribution in [0.15, 0.2) is 5.38 Å². The van der Waals surface area contributed by atoms with Crippen LogP contribution in [0.5, 0.6) is 0 Å². The molecule has 2 aliphatic rings. The van der Waals surface area contributed by atoms with E-state index in [1.165, 1.54) is 16.9 Å². The predicted molar refractivity (Wildman–Crippen MR) is 82.8 cm³/mol. The van der Waals surface area contributed by atoms with Crippen LogP contribution in [0.25, 0.3) is 0 Å². The van der Waals surface area contributed by atoms with Gasteiger partial charge in [-0.15, -0.1) is 11.3 Å². The lowest BCUT2D eigenvalue weighted by Gasteiger charge is -2.37. The maximum Gasteiger partial charge on any atom is 0.255 e. The molecule has 0 aromatic carbocycles. The van der Waals surface area contributed by atoms with E-state index in [1.807, 2.05) is 17.2 Å². The quantitative estimate of drug-likeness (QED) is 0.910. The fourth-order valence-corrected chi connectivity index (χ4v) is 4.46. The normalized spacial score (nSPS) is 29.3. The number of carbonyl (C=O) groups excluding carboxylic acids is 1. The SMILES string of the molecule is CC1CCc2c(C(=O)N3CC(CO)OCC3C)csc2C1. The third kappa shape index (κ3) is 2.87. The molecule has 5 heteroatoms.